The van der Waals surface area contributed by atoms with Gasteiger partial charge in [-0.15, -0.1) is 0 Å². The molecule has 4 aromatic rings. The lowest BCUT2D eigenvalue weighted by Crippen LogP contribution is -2.42. The van der Waals surface area contributed by atoms with Crippen LogP contribution in [0.3, 0.4) is 0 Å². The molecule has 190 valence electrons. The molecule has 1 aliphatic carbocycles. The highest BCUT2D eigenvalue weighted by Gasteiger charge is 2.32. The Hall–Kier alpha value is -3.93. The molecule has 0 saturated heterocycles. The molecule has 0 bridgehead atoms. The third kappa shape index (κ3) is 5.01. The van der Waals surface area contributed by atoms with Gasteiger partial charge in [-0.05, 0) is 67.0 Å². The number of hydrogen-bond donors (Lipinski definition) is 2. The lowest BCUT2D eigenvalue weighted by atomic mass is 9.88. The molecule has 5 nitrogen and oxygen atoms in total. The van der Waals surface area contributed by atoms with E-state index >= 15 is 0 Å². The number of amides is 1. The number of benzene rings is 3. The normalized spacial score (nSPS) is 16.6. The third-order valence-electron chi connectivity index (χ3n) is 7.49. The quantitative estimate of drug-likeness (QED) is 0.322. The summed E-state index contributed by atoms with van der Waals surface area (Å²) in [6, 6.07) is 23.5. The Labute approximate surface area is 215 Å². The smallest absolute Gasteiger partial charge is 0.326 e. The second-order valence-corrected chi connectivity index (χ2v) is 9.82. The minimum absolute atomic E-state index is 0.0320. The molecule has 37 heavy (non-hydrogen) atoms. The number of carboxylic acids is 1. The first-order valence-corrected chi connectivity index (χ1v) is 12.9. The zero-order valence-corrected chi connectivity index (χ0v) is 20.9. The predicted molar refractivity (Wildman–Crippen MR) is 142 cm³/mol. The Morgan fingerprint density at radius 2 is 1.76 bits per heavy atom. The van der Waals surface area contributed by atoms with Crippen LogP contribution in [0.2, 0.25) is 0 Å². The summed E-state index contributed by atoms with van der Waals surface area (Å²) in [7, 11) is 0. The van der Waals surface area contributed by atoms with Crippen molar-refractivity contribution in [1.29, 1.82) is 0 Å². The third-order valence-corrected chi connectivity index (χ3v) is 7.49. The molecule has 3 atom stereocenters. The molecule has 1 heterocycles. The zero-order valence-electron chi connectivity index (χ0n) is 20.9. The lowest BCUT2D eigenvalue weighted by Gasteiger charge is -2.28. The fourth-order valence-corrected chi connectivity index (χ4v) is 5.71. The van der Waals surface area contributed by atoms with E-state index in [1.165, 1.54) is 12.1 Å². The molecular formula is C31H31FN2O3. The number of aromatic nitrogens is 1. The summed E-state index contributed by atoms with van der Waals surface area (Å²) in [5.74, 6) is -1.61. The Balaban J connectivity index is 1.44. The van der Waals surface area contributed by atoms with Crippen LogP contribution in [0.4, 0.5) is 4.39 Å². The first-order chi connectivity index (χ1) is 18.0. The van der Waals surface area contributed by atoms with Crippen molar-refractivity contribution >= 4 is 22.8 Å². The van der Waals surface area contributed by atoms with Crippen LogP contribution in [0.5, 0.6) is 0 Å². The highest BCUT2D eigenvalue weighted by atomic mass is 19.1. The van der Waals surface area contributed by atoms with Crippen LogP contribution in [-0.2, 0) is 28.9 Å². The monoisotopic (exact) mass is 498 g/mol. The van der Waals surface area contributed by atoms with Crippen molar-refractivity contribution in [3.05, 3.63) is 107 Å². The number of carboxylic acid groups (broad SMARTS) is 1. The molecule has 0 radical (unpaired) electrons. The molecule has 5 rings (SSSR count). The maximum Gasteiger partial charge on any atom is 0.326 e. The maximum atomic E-state index is 14.3. The molecule has 0 fully saturated rings. The largest absolute Gasteiger partial charge is 0.480 e. The van der Waals surface area contributed by atoms with Gasteiger partial charge in [0.1, 0.15) is 11.9 Å². The first-order valence-electron chi connectivity index (χ1n) is 12.9. The first kappa shape index (κ1) is 24.8. The molecule has 3 aromatic carbocycles. The molecule has 3 unspecified atom stereocenters. The van der Waals surface area contributed by atoms with Gasteiger partial charge in [0.2, 0.25) is 5.91 Å². The molecule has 6 heteroatoms. The number of carbonyl (C=O) groups excluding carboxylic acids is 1. The molecular weight excluding hydrogens is 467 g/mol. The molecule has 1 amide bonds. The molecule has 1 aromatic heterocycles. The van der Waals surface area contributed by atoms with Crippen LogP contribution in [-0.4, -0.2) is 27.6 Å². The van der Waals surface area contributed by atoms with E-state index in [2.05, 4.69) is 5.32 Å². The van der Waals surface area contributed by atoms with Gasteiger partial charge in [-0.3, -0.25) is 4.79 Å². The lowest BCUT2D eigenvalue weighted by molar-refractivity contribution is -0.141. The average molecular weight is 499 g/mol. The molecule has 1 aliphatic rings. The highest BCUT2D eigenvalue weighted by molar-refractivity contribution is 5.89. The number of carbonyl (C=O) groups is 2. The van der Waals surface area contributed by atoms with Crippen molar-refractivity contribution in [3.8, 4) is 0 Å². The number of hydrogen-bond acceptors (Lipinski definition) is 2. The SMILES string of the molecule is CCC(C(=O)O)n1c2c(c3cc(F)ccc31)CC(NC(=O)C(Cc1ccccc1)c1ccccc1)CC2. The highest BCUT2D eigenvalue weighted by Crippen LogP contribution is 2.36. The summed E-state index contributed by atoms with van der Waals surface area (Å²) in [6.45, 7) is 1.85. The van der Waals surface area contributed by atoms with Crippen LogP contribution in [0.25, 0.3) is 10.9 Å². The minimum Gasteiger partial charge on any atom is -0.480 e. The van der Waals surface area contributed by atoms with E-state index in [4.69, 9.17) is 0 Å². The summed E-state index contributed by atoms with van der Waals surface area (Å²) < 4.78 is 16.1. The van der Waals surface area contributed by atoms with Gasteiger partial charge in [0, 0.05) is 22.6 Å². The number of rotatable bonds is 8. The molecule has 0 aliphatic heterocycles. The van der Waals surface area contributed by atoms with E-state index in [1.807, 2.05) is 72.2 Å². The van der Waals surface area contributed by atoms with E-state index in [0.717, 1.165) is 33.3 Å². The van der Waals surface area contributed by atoms with Gasteiger partial charge in [0.05, 0.1) is 5.92 Å². The average Bonchev–Trinajstić information content (AvgIpc) is 3.21. The Kier molecular flexibility index (Phi) is 7.08. The van der Waals surface area contributed by atoms with Gasteiger partial charge < -0.3 is 15.0 Å². The van der Waals surface area contributed by atoms with E-state index in [0.29, 0.717) is 32.1 Å². The van der Waals surface area contributed by atoms with Crippen molar-refractivity contribution < 1.29 is 19.1 Å². The number of halogens is 1. The van der Waals surface area contributed by atoms with Gasteiger partial charge in [-0.1, -0.05) is 67.6 Å². The number of aliphatic carboxylic acids is 1. The number of nitrogens with zero attached hydrogens (tertiary/aromatic N) is 1. The summed E-state index contributed by atoms with van der Waals surface area (Å²) >= 11 is 0. The topological polar surface area (TPSA) is 71.3 Å². The van der Waals surface area contributed by atoms with Gasteiger partial charge in [-0.25, -0.2) is 9.18 Å². The van der Waals surface area contributed by atoms with E-state index < -0.39 is 12.0 Å². The van der Waals surface area contributed by atoms with Crippen molar-refractivity contribution in [2.24, 2.45) is 0 Å². The van der Waals surface area contributed by atoms with Crippen LogP contribution >= 0.6 is 0 Å². The van der Waals surface area contributed by atoms with E-state index in [1.54, 1.807) is 6.07 Å². The van der Waals surface area contributed by atoms with E-state index in [-0.39, 0.29) is 23.7 Å². The fraction of sp³-hybridized carbons (Fsp3) is 0.290. The van der Waals surface area contributed by atoms with Crippen molar-refractivity contribution in [2.75, 3.05) is 0 Å². The van der Waals surface area contributed by atoms with Crippen LogP contribution in [0.1, 0.15) is 54.1 Å². The Morgan fingerprint density at radius 3 is 2.43 bits per heavy atom. The maximum absolute atomic E-state index is 14.3. The summed E-state index contributed by atoms with van der Waals surface area (Å²) in [5.41, 5.74) is 4.66. The Morgan fingerprint density at radius 1 is 1.05 bits per heavy atom. The van der Waals surface area contributed by atoms with Crippen molar-refractivity contribution in [3.63, 3.8) is 0 Å². The van der Waals surface area contributed by atoms with Crippen LogP contribution in [0, 0.1) is 5.82 Å². The number of fused-ring (bicyclic) bond motifs is 3. The second kappa shape index (κ2) is 10.6. The number of nitrogens with one attached hydrogen (secondary N) is 1. The molecule has 0 spiro atoms. The van der Waals surface area contributed by atoms with Gasteiger partial charge in [0.25, 0.3) is 0 Å². The van der Waals surface area contributed by atoms with Gasteiger partial charge >= 0.3 is 5.97 Å². The van der Waals surface area contributed by atoms with Crippen LogP contribution < -0.4 is 5.32 Å². The van der Waals surface area contributed by atoms with E-state index in [9.17, 15) is 19.1 Å². The molecule has 2 N–H and O–H groups in total. The summed E-state index contributed by atoms with van der Waals surface area (Å²) in [6.07, 6.45) is 2.88. The Bertz CT molecular complexity index is 1410. The molecule has 0 saturated carbocycles. The van der Waals surface area contributed by atoms with Gasteiger partial charge in [-0.2, -0.15) is 0 Å². The van der Waals surface area contributed by atoms with Crippen molar-refractivity contribution in [1.82, 2.24) is 9.88 Å². The fourth-order valence-electron chi connectivity index (χ4n) is 5.71. The minimum atomic E-state index is -0.895. The standard InChI is InChI=1S/C31H31FN2O3/c1-2-27(31(36)37)34-28-15-13-22(32)18-25(28)26-19-23(14-16-29(26)34)33-30(35)24(21-11-7-4-8-12-21)17-20-9-5-3-6-10-20/h3-13,15,18,23-24,27H,2,14,16-17,19H2,1H3,(H,33,35)(H,36,37). The zero-order chi connectivity index (χ0) is 25.9. The van der Waals surface area contributed by atoms with Crippen molar-refractivity contribution in [2.45, 2.75) is 57.0 Å². The summed E-state index contributed by atoms with van der Waals surface area (Å²) in [5, 5.41) is 13.9. The van der Waals surface area contributed by atoms with Gasteiger partial charge in [0.15, 0.2) is 0 Å². The van der Waals surface area contributed by atoms with Crippen LogP contribution in [0.15, 0.2) is 78.9 Å². The predicted octanol–water partition coefficient (Wildman–Crippen LogP) is 5.82. The summed E-state index contributed by atoms with van der Waals surface area (Å²) in [4.78, 5) is 25.7. The second-order valence-electron chi connectivity index (χ2n) is 9.82.